The van der Waals surface area contributed by atoms with Gasteiger partial charge in [0, 0.05) is 5.56 Å². The summed E-state index contributed by atoms with van der Waals surface area (Å²) in [5.74, 6) is -0.451. The van der Waals surface area contributed by atoms with Gasteiger partial charge in [0.15, 0.2) is 0 Å². The molecule has 1 N–H and O–H groups in total. The SMILES string of the molecule is COc1ccccc1NC(=O)/C(C#N)=C/c1c(OC(=O)c2cccc3ccccc23)ccc2ccccc12. The fourth-order valence-electron chi connectivity index (χ4n) is 4.30. The number of hydrogen-bond acceptors (Lipinski definition) is 5. The highest BCUT2D eigenvalue weighted by molar-refractivity contribution is 6.12. The van der Waals surface area contributed by atoms with Gasteiger partial charge < -0.3 is 14.8 Å². The Bertz CT molecular complexity index is 1760. The summed E-state index contributed by atoms with van der Waals surface area (Å²) in [6.07, 6.45) is 1.44. The molecule has 0 fully saturated rings. The van der Waals surface area contributed by atoms with Gasteiger partial charge in [0.25, 0.3) is 5.91 Å². The second kappa shape index (κ2) is 10.7. The molecule has 0 aliphatic rings. The third kappa shape index (κ3) is 4.81. The van der Waals surface area contributed by atoms with E-state index in [0.29, 0.717) is 22.6 Å². The zero-order chi connectivity index (χ0) is 26.5. The maximum atomic E-state index is 13.3. The van der Waals surface area contributed by atoms with Gasteiger partial charge in [-0.15, -0.1) is 0 Å². The Hall–Kier alpha value is -5.41. The highest BCUT2D eigenvalue weighted by Crippen LogP contribution is 2.32. The Morgan fingerprint density at radius 2 is 1.42 bits per heavy atom. The van der Waals surface area contributed by atoms with E-state index < -0.39 is 11.9 Å². The Balaban J connectivity index is 1.56. The molecule has 0 saturated carbocycles. The average Bonchev–Trinajstić information content (AvgIpc) is 2.96. The summed E-state index contributed by atoms with van der Waals surface area (Å²) in [6.45, 7) is 0. The summed E-state index contributed by atoms with van der Waals surface area (Å²) in [6, 6.07) is 32.9. The number of hydrogen-bond donors (Lipinski definition) is 1. The molecule has 38 heavy (non-hydrogen) atoms. The van der Waals surface area contributed by atoms with Crippen LogP contribution in [0.1, 0.15) is 15.9 Å². The summed E-state index contributed by atoms with van der Waals surface area (Å²) < 4.78 is 11.2. The first-order chi connectivity index (χ1) is 18.6. The van der Waals surface area contributed by atoms with Crippen molar-refractivity contribution >= 4 is 45.2 Å². The number of rotatable bonds is 6. The van der Waals surface area contributed by atoms with Crippen LogP contribution in [-0.2, 0) is 4.79 Å². The van der Waals surface area contributed by atoms with Crippen molar-refractivity contribution < 1.29 is 19.1 Å². The van der Waals surface area contributed by atoms with Crippen LogP contribution >= 0.6 is 0 Å². The number of carbonyl (C=O) groups is 2. The Morgan fingerprint density at radius 1 is 0.763 bits per heavy atom. The molecular weight excluding hydrogens is 476 g/mol. The van der Waals surface area contributed by atoms with Crippen LogP contribution in [0.2, 0.25) is 0 Å². The van der Waals surface area contributed by atoms with Crippen molar-refractivity contribution in [2.24, 2.45) is 0 Å². The van der Waals surface area contributed by atoms with Crippen molar-refractivity contribution in [1.82, 2.24) is 0 Å². The summed E-state index contributed by atoms with van der Waals surface area (Å²) in [5.41, 5.74) is 1.14. The van der Waals surface area contributed by atoms with Gasteiger partial charge in [-0.2, -0.15) is 5.26 Å². The van der Waals surface area contributed by atoms with Crippen LogP contribution < -0.4 is 14.8 Å². The molecule has 5 aromatic carbocycles. The first kappa shape index (κ1) is 24.3. The summed E-state index contributed by atoms with van der Waals surface area (Å²) in [5, 5.41) is 15.9. The molecule has 0 heterocycles. The predicted octanol–water partition coefficient (Wildman–Crippen LogP) is 6.77. The van der Waals surface area contributed by atoms with E-state index in [0.717, 1.165) is 21.5 Å². The lowest BCUT2D eigenvalue weighted by atomic mass is 10.0. The standard InChI is InChI=1S/C32H22N2O4/c1-37-30-16-7-6-15-28(30)34-31(35)23(20-33)19-27-25-13-5-3-10-22(25)17-18-29(27)38-32(36)26-14-8-11-21-9-2-4-12-24(21)26/h2-19H,1H3,(H,34,35)/b23-19+. The van der Waals surface area contributed by atoms with Crippen molar-refractivity contribution in [3.63, 3.8) is 0 Å². The minimum atomic E-state index is -0.615. The number of para-hydroxylation sites is 2. The molecule has 0 aliphatic carbocycles. The molecule has 5 rings (SSSR count). The number of ether oxygens (including phenoxy) is 2. The smallest absolute Gasteiger partial charge is 0.344 e. The molecular formula is C32H22N2O4. The highest BCUT2D eigenvalue weighted by Gasteiger charge is 2.18. The number of amides is 1. The number of fused-ring (bicyclic) bond motifs is 2. The van der Waals surface area contributed by atoms with Gasteiger partial charge in [0.05, 0.1) is 18.4 Å². The Morgan fingerprint density at radius 3 is 2.18 bits per heavy atom. The van der Waals surface area contributed by atoms with Gasteiger partial charge in [-0.25, -0.2) is 4.79 Å². The fourth-order valence-corrected chi connectivity index (χ4v) is 4.30. The third-order valence-electron chi connectivity index (χ3n) is 6.15. The van der Waals surface area contributed by atoms with E-state index in [9.17, 15) is 14.9 Å². The first-order valence-electron chi connectivity index (χ1n) is 11.9. The molecule has 5 aromatic rings. The van der Waals surface area contributed by atoms with Crippen LogP contribution in [0.5, 0.6) is 11.5 Å². The zero-order valence-corrected chi connectivity index (χ0v) is 20.5. The normalized spacial score (nSPS) is 11.1. The lowest BCUT2D eigenvalue weighted by Crippen LogP contribution is -2.14. The number of nitrogens with one attached hydrogen (secondary N) is 1. The first-order valence-corrected chi connectivity index (χ1v) is 11.9. The number of esters is 1. The van der Waals surface area contributed by atoms with Crippen molar-refractivity contribution in [2.75, 3.05) is 12.4 Å². The van der Waals surface area contributed by atoms with Crippen LogP contribution in [0, 0.1) is 11.3 Å². The van der Waals surface area contributed by atoms with Gasteiger partial charge in [-0.1, -0.05) is 78.9 Å². The van der Waals surface area contributed by atoms with E-state index in [2.05, 4.69) is 5.32 Å². The number of anilines is 1. The molecule has 0 aliphatic heterocycles. The summed E-state index contributed by atoms with van der Waals surface area (Å²) >= 11 is 0. The fraction of sp³-hybridized carbons (Fsp3) is 0.0312. The molecule has 0 aromatic heterocycles. The van der Waals surface area contributed by atoms with E-state index in [-0.39, 0.29) is 11.3 Å². The lowest BCUT2D eigenvalue weighted by molar-refractivity contribution is -0.112. The van der Waals surface area contributed by atoms with Crippen LogP contribution in [0.25, 0.3) is 27.6 Å². The van der Waals surface area contributed by atoms with E-state index in [1.54, 1.807) is 42.5 Å². The molecule has 0 saturated heterocycles. The van der Waals surface area contributed by atoms with Gasteiger partial charge in [0.2, 0.25) is 0 Å². The minimum absolute atomic E-state index is 0.158. The van der Waals surface area contributed by atoms with Crippen molar-refractivity contribution in [1.29, 1.82) is 5.26 Å². The summed E-state index contributed by atoms with van der Waals surface area (Å²) in [7, 11) is 1.50. The van der Waals surface area contributed by atoms with E-state index in [1.807, 2.05) is 66.7 Å². The molecule has 6 heteroatoms. The van der Waals surface area contributed by atoms with Crippen molar-refractivity contribution in [3.05, 3.63) is 120 Å². The monoisotopic (exact) mass is 498 g/mol. The number of carbonyl (C=O) groups excluding carboxylic acids is 2. The third-order valence-corrected chi connectivity index (χ3v) is 6.15. The number of nitrogens with zero attached hydrogens (tertiary/aromatic N) is 1. The molecule has 6 nitrogen and oxygen atoms in total. The molecule has 0 radical (unpaired) electrons. The zero-order valence-electron chi connectivity index (χ0n) is 20.5. The predicted molar refractivity (Wildman–Crippen MR) is 148 cm³/mol. The Labute approximate surface area is 219 Å². The largest absolute Gasteiger partial charge is 0.495 e. The maximum absolute atomic E-state index is 13.3. The van der Waals surface area contributed by atoms with Gasteiger partial charge >= 0.3 is 5.97 Å². The van der Waals surface area contributed by atoms with Crippen LogP contribution in [0.15, 0.2) is 109 Å². The lowest BCUT2D eigenvalue weighted by Gasteiger charge is -2.13. The van der Waals surface area contributed by atoms with E-state index >= 15 is 0 Å². The van der Waals surface area contributed by atoms with Crippen LogP contribution in [0.3, 0.4) is 0 Å². The maximum Gasteiger partial charge on any atom is 0.344 e. The molecule has 184 valence electrons. The van der Waals surface area contributed by atoms with Crippen LogP contribution in [0.4, 0.5) is 5.69 Å². The number of methoxy groups -OCH3 is 1. The second-order valence-electron chi connectivity index (χ2n) is 8.44. The Kier molecular flexibility index (Phi) is 6.83. The number of benzene rings is 5. The van der Waals surface area contributed by atoms with Gasteiger partial charge in [-0.3, -0.25) is 4.79 Å². The minimum Gasteiger partial charge on any atom is -0.495 e. The van der Waals surface area contributed by atoms with Crippen molar-refractivity contribution in [2.45, 2.75) is 0 Å². The van der Waals surface area contributed by atoms with E-state index in [4.69, 9.17) is 9.47 Å². The average molecular weight is 499 g/mol. The topological polar surface area (TPSA) is 88.4 Å². The molecule has 0 bridgehead atoms. The van der Waals surface area contributed by atoms with Gasteiger partial charge in [-0.05, 0) is 51.9 Å². The van der Waals surface area contributed by atoms with Gasteiger partial charge in [0.1, 0.15) is 23.1 Å². The van der Waals surface area contributed by atoms with Crippen LogP contribution in [-0.4, -0.2) is 19.0 Å². The number of nitriles is 1. The second-order valence-corrected chi connectivity index (χ2v) is 8.44. The molecule has 0 atom stereocenters. The molecule has 0 spiro atoms. The summed E-state index contributed by atoms with van der Waals surface area (Å²) in [4.78, 5) is 26.4. The molecule has 0 unspecified atom stereocenters. The highest BCUT2D eigenvalue weighted by atomic mass is 16.5. The molecule has 1 amide bonds. The quantitative estimate of drug-likeness (QED) is 0.121. The van der Waals surface area contributed by atoms with E-state index in [1.165, 1.54) is 13.2 Å². The van der Waals surface area contributed by atoms with Crippen molar-refractivity contribution in [3.8, 4) is 17.6 Å².